The van der Waals surface area contributed by atoms with E-state index in [0.717, 1.165) is 23.2 Å². The molecule has 0 fully saturated rings. The third-order valence-corrected chi connectivity index (χ3v) is 4.20. The van der Waals surface area contributed by atoms with Gasteiger partial charge in [-0.05, 0) is 43.2 Å². The Hall–Kier alpha value is -3.15. The molecule has 0 atom stereocenters. The van der Waals surface area contributed by atoms with Crippen LogP contribution >= 0.6 is 0 Å². The lowest BCUT2D eigenvalue weighted by Gasteiger charge is -2.14. The first-order valence-corrected chi connectivity index (χ1v) is 9.02. The molecule has 0 spiro atoms. The van der Waals surface area contributed by atoms with Crippen LogP contribution in [0.1, 0.15) is 31.4 Å². The number of fused-ring (bicyclic) bond motifs is 1. The van der Waals surface area contributed by atoms with Crippen LogP contribution in [0, 0.1) is 0 Å². The number of nitrogens with zero attached hydrogens (tertiary/aromatic N) is 3. The number of anilines is 1. The number of hydrogen-bond donors (Lipinski definition) is 0. The first-order chi connectivity index (χ1) is 13.2. The van der Waals surface area contributed by atoms with Crippen LogP contribution in [0.15, 0.2) is 52.7 Å². The predicted octanol–water partition coefficient (Wildman–Crippen LogP) is 3.67. The molecule has 2 aromatic rings. The maximum atomic E-state index is 12.7. The van der Waals surface area contributed by atoms with E-state index in [2.05, 4.69) is 10.2 Å². The van der Waals surface area contributed by atoms with E-state index in [1.165, 1.54) is 0 Å². The molecule has 0 saturated carbocycles. The van der Waals surface area contributed by atoms with Crippen LogP contribution in [0.3, 0.4) is 0 Å². The van der Waals surface area contributed by atoms with Gasteiger partial charge in [0.1, 0.15) is 0 Å². The molecule has 6 heteroatoms. The van der Waals surface area contributed by atoms with Gasteiger partial charge in [-0.15, -0.1) is 5.10 Å². The van der Waals surface area contributed by atoms with Crippen molar-refractivity contribution in [3.8, 4) is 11.5 Å². The number of para-hydroxylation sites is 1. The maximum Gasteiger partial charge on any atom is 0.279 e. The fraction of sp³-hybridized carbons (Fsp3) is 0.286. The number of carbonyl (C=O) groups excluding carboxylic acids is 1. The average Bonchev–Trinajstić information content (AvgIpc) is 2.95. The minimum atomic E-state index is -0.112. The fourth-order valence-corrected chi connectivity index (χ4v) is 3.00. The van der Waals surface area contributed by atoms with Crippen LogP contribution < -0.4 is 14.4 Å². The number of methoxy groups -OCH3 is 1. The van der Waals surface area contributed by atoms with Crippen molar-refractivity contribution in [2.75, 3.05) is 25.2 Å². The summed E-state index contributed by atoms with van der Waals surface area (Å²) in [7, 11) is 1.59. The molecular formula is C21H23N3O3. The molecule has 3 rings (SSSR count). The number of benzene rings is 2. The van der Waals surface area contributed by atoms with Gasteiger partial charge in [0.25, 0.3) is 5.91 Å². The molecule has 0 aromatic heterocycles. The Balaban J connectivity index is 1.86. The molecule has 0 radical (unpaired) electrons. The lowest BCUT2D eigenvalue weighted by Crippen LogP contribution is -2.30. The highest BCUT2D eigenvalue weighted by atomic mass is 16.5. The molecule has 0 saturated heterocycles. The number of carbonyl (C=O) groups is 1. The second-order valence-electron chi connectivity index (χ2n) is 6.01. The lowest BCUT2D eigenvalue weighted by atomic mass is 10.1. The highest BCUT2D eigenvalue weighted by molar-refractivity contribution is 6.54. The summed E-state index contributed by atoms with van der Waals surface area (Å²) in [5.41, 5.74) is 2.88. The second kappa shape index (κ2) is 8.49. The summed E-state index contributed by atoms with van der Waals surface area (Å²) >= 11 is 0. The van der Waals surface area contributed by atoms with Gasteiger partial charge in [-0.1, -0.05) is 25.1 Å². The summed E-state index contributed by atoms with van der Waals surface area (Å²) < 4.78 is 10.8. The largest absolute Gasteiger partial charge is 0.493 e. The van der Waals surface area contributed by atoms with Crippen molar-refractivity contribution < 1.29 is 14.3 Å². The molecule has 1 amide bonds. The Morgan fingerprint density at radius 3 is 2.67 bits per heavy atom. The summed E-state index contributed by atoms with van der Waals surface area (Å²) in [5, 5.41) is 8.35. The van der Waals surface area contributed by atoms with E-state index in [1.807, 2.05) is 56.3 Å². The summed E-state index contributed by atoms with van der Waals surface area (Å²) in [6.07, 6.45) is 2.48. The molecule has 0 unspecified atom stereocenters. The lowest BCUT2D eigenvalue weighted by molar-refractivity contribution is -0.112. The fourth-order valence-electron chi connectivity index (χ4n) is 3.00. The van der Waals surface area contributed by atoms with Gasteiger partial charge in [0, 0.05) is 12.1 Å². The van der Waals surface area contributed by atoms with Crippen LogP contribution in [0.5, 0.6) is 11.5 Å². The molecule has 0 N–H and O–H groups in total. The van der Waals surface area contributed by atoms with Crippen LogP contribution in [-0.4, -0.2) is 38.1 Å². The Kier molecular flexibility index (Phi) is 5.86. The third kappa shape index (κ3) is 3.84. The summed E-state index contributed by atoms with van der Waals surface area (Å²) in [6.45, 7) is 5.19. The Bertz CT molecular complexity index is 890. The summed E-state index contributed by atoms with van der Waals surface area (Å²) in [5.74, 6) is 1.20. The van der Waals surface area contributed by atoms with E-state index >= 15 is 0 Å². The van der Waals surface area contributed by atoms with Crippen molar-refractivity contribution in [3.05, 3.63) is 53.6 Å². The van der Waals surface area contributed by atoms with Gasteiger partial charge in [0.05, 0.1) is 25.6 Å². The van der Waals surface area contributed by atoms with Gasteiger partial charge in [0.15, 0.2) is 17.2 Å². The minimum absolute atomic E-state index is 0.112. The number of rotatable bonds is 7. The third-order valence-electron chi connectivity index (χ3n) is 4.20. The molecule has 2 aromatic carbocycles. The minimum Gasteiger partial charge on any atom is -0.493 e. The number of hydrogen-bond acceptors (Lipinski definition) is 5. The molecule has 27 heavy (non-hydrogen) atoms. The van der Waals surface area contributed by atoms with Gasteiger partial charge in [-0.25, -0.2) is 0 Å². The first kappa shape index (κ1) is 18.6. The van der Waals surface area contributed by atoms with E-state index in [0.29, 0.717) is 30.4 Å². The first-order valence-electron chi connectivity index (χ1n) is 9.02. The maximum absolute atomic E-state index is 12.7. The summed E-state index contributed by atoms with van der Waals surface area (Å²) in [6, 6.07) is 13.2. The molecule has 140 valence electrons. The SMILES string of the molecule is CCCN1C(=O)/C(=N/N=C\c2ccc(OCC)c(OC)c2)c2ccccc21. The van der Waals surface area contributed by atoms with Crippen molar-refractivity contribution in [2.24, 2.45) is 10.2 Å². The van der Waals surface area contributed by atoms with Crippen molar-refractivity contribution in [1.29, 1.82) is 0 Å². The van der Waals surface area contributed by atoms with E-state index in [9.17, 15) is 4.79 Å². The molecule has 1 heterocycles. The van der Waals surface area contributed by atoms with Gasteiger partial charge in [-0.2, -0.15) is 5.10 Å². The highest BCUT2D eigenvalue weighted by Crippen LogP contribution is 2.30. The molecule has 1 aliphatic heterocycles. The smallest absolute Gasteiger partial charge is 0.279 e. The predicted molar refractivity (Wildman–Crippen MR) is 107 cm³/mol. The Morgan fingerprint density at radius 1 is 1.11 bits per heavy atom. The van der Waals surface area contributed by atoms with Crippen LogP contribution in [-0.2, 0) is 4.79 Å². The highest BCUT2D eigenvalue weighted by Gasteiger charge is 2.33. The average molecular weight is 365 g/mol. The van der Waals surface area contributed by atoms with Crippen LogP contribution in [0.2, 0.25) is 0 Å². The zero-order chi connectivity index (χ0) is 19.2. The topological polar surface area (TPSA) is 63.5 Å². The van der Waals surface area contributed by atoms with Crippen LogP contribution in [0.4, 0.5) is 5.69 Å². The van der Waals surface area contributed by atoms with E-state index in [1.54, 1.807) is 18.2 Å². The Labute approximate surface area is 159 Å². The van der Waals surface area contributed by atoms with Crippen molar-refractivity contribution in [2.45, 2.75) is 20.3 Å². The zero-order valence-corrected chi connectivity index (χ0v) is 15.8. The number of amides is 1. The van der Waals surface area contributed by atoms with Crippen molar-refractivity contribution in [1.82, 2.24) is 0 Å². The zero-order valence-electron chi connectivity index (χ0n) is 15.8. The standard InChI is InChI=1S/C21H23N3O3/c1-4-12-24-17-9-7-6-8-16(17)20(21(24)25)23-22-14-15-10-11-18(27-5-2)19(13-15)26-3/h6-11,13-14H,4-5,12H2,1-3H3/b22-14-,23-20+. The normalized spacial score (nSPS) is 14.9. The number of ether oxygens (including phenoxy) is 2. The molecule has 6 nitrogen and oxygen atoms in total. The molecule has 0 bridgehead atoms. The monoisotopic (exact) mass is 365 g/mol. The quantitative estimate of drug-likeness (QED) is 0.555. The van der Waals surface area contributed by atoms with E-state index in [-0.39, 0.29) is 5.91 Å². The van der Waals surface area contributed by atoms with Crippen molar-refractivity contribution in [3.63, 3.8) is 0 Å². The Morgan fingerprint density at radius 2 is 1.93 bits per heavy atom. The van der Waals surface area contributed by atoms with Gasteiger partial charge in [-0.3, -0.25) is 4.79 Å². The van der Waals surface area contributed by atoms with Crippen molar-refractivity contribution >= 4 is 23.5 Å². The molecular weight excluding hydrogens is 342 g/mol. The molecule has 0 aliphatic carbocycles. The second-order valence-corrected chi connectivity index (χ2v) is 6.01. The summed E-state index contributed by atoms with van der Waals surface area (Å²) in [4.78, 5) is 14.5. The van der Waals surface area contributed by atoms with E-state index < -0.39 is 0 Å². The molecule has 1 aliphatic rings. The van der Waals surface area contributed by atoms with Crippen LogP contribution in [0.25, 0.3) is 0 Å². The van der Waals surface area contributed by atoms with Gasteiger partial charge >= 0.3 is 0 Å². The van der Waals surface area contributed by atoms with E-state index in [4.69, 9.17) is 9.47 Å². The van der Waals surface area contributed by atoms with Gasteiger partial charge < -0.3 is 14.4 Å². The van der Waals surface area contributed by atoms with Gasteiger partial charge in [0.2, 0.25) is 0 Å².